The Balaban J connectivity index is 2.57. The topological polar surface area (TPSA) is 104 Å². The first-order valence-corrected chi connectivity index (χ1v) is 12.0. The van der Waals surface area contributed by atoms with Gasteiger partial charge in [-0.3, -0.25) is 4.31 Å². The van der Waals surface area contributed by atoms with Gasteiger partial charge >= 0.3 is 0 Å². The Bertz CT molecular complexity index is 1110. The first-order valence-electron chi connectivity index (χ1n) is 8.72. The van der Waals surface area contributed by atoms with Crippen molar-refractivity contribution in [1.82, 2.24) is 4.72 Å². The van der Waals surface area contributed by atoms with E-state index >= 15 is 0 Å². The van der Waals surface area contributed by atoms with Gasteiger partial charge in [-0.25, -0.2) is 21.6 Å². The van der Waals surface area contributed by atoms with Gasteiger partial charge in [0.05, 0.1) is 27.6 Å². The van der Waals surface area contributed by atoms with Crippen LogP contribution in [0, 0.1) is 13.8 Å². The Morgan fingerprint density at radius 3 is 2.10 bits per heavy atom. The van der Waals surface area contributed by atoms with Gasteiger partial charge in [-0.1, -0.05) is 17.7 Å². The van der Waals surface area contributed by atoms with Crippen LogP contribution in [0.15, 0.2) is 46.2 Å². The van der Waals surface area contributed by atoms with Crippen molar-refractivity contribution in [2.75, 3.05) is 18.0 Å². The molecule has 2 aromatic carbocycles. The second-order valence-electron chi connectivity index (χ2n) is 7.48. The molecule has 0 heterocycles. The average molecular weight is 461 g/mol. The van der Waals surface area contributed by atoms with E-state index in [2.05, 4.69) is 4.72 Å². The van der Waals surface area contributed by atoms with Crippen molar-refractivity contribution in [1.29, 1.82) is 0 Å². The van der Waals surface area contributed by atoms with Crippen LogP contribution in [0.3, 0.4) is 0 Å². The van der Waals surface area contributed by atoms with Crippen LogP contribution in [-0.2, 0) is 20.0 Å². The number of aliphatic hydroxyl groups excluding tert-OH is 1. The Morgan fingerprint density at radius 2 is 1.59 bits per heavy atom. The summed E-state index contributed by atoms with van der Waals surface area (Å²) in [6, 6.07) is 8.67. The summed E-state index contributed by atoms with van der Waals surface area (Å²) in [5.74, 6) is 0. The van der Waals surface area contributed by atoms with E-state index in [-0.39, 0.29) is 15.5 Å². The van der Waals surface area contributed by atoms with Crippen molar-refractivity contribution < 1.29 is 21.9 Å². The molecule has 7 nitrogen and oxygen atoms in total. The van der Waals surface area contributed by atoms with Gasteiger partial charge in [-0.05, 0) is 69.2 Å². The number of nitrogens with zero attached hydrogens (tertiary/aromatic N) is 1. The molecule has 0 aliphatic heterocycles. The number of hydrogen-bond donors (Lipinski definition) is 2. The smallest absolute Gasteiger partial charge is 0.264 e. The average Bonchev–Trinajstić information content (AvgIpc) is 2.60. The molecule has 2 N–H and O–H groups in total. The van der Waals surface area contributed by atoms with Gasteiger partial charge in [-0.2, -0.15) is 0 Å². The van der Waals surface area contributed by atoms with Crippen LogP contribution in [-0.4, -0.2) is 41.1 Å². The highest BCUT2D eigenvalue weighted by Crippen LogP contribution is 2.31. The Morgan fingerprint density at radius 1 is 1.03 bits per heavy atom. The standard InChI is InChI=1S/C19H25ClN2O5S2/c1-13-10-14(2)18(28(24,25)21-19(3,4)12-23)11-17(13)22(5)29(26,27)16-8-6-15(20)7-9-16/h6-11,21,23H,12H2,1-5H3. The van der Waals surface area contributed by atoms with Crippen LogP contribution in [0.25, 0.3) is 0 Å². The highest BCUT2D eigenvalue weighted by Gasteiger charge is 2.29. The molecule has 0 bridgehead atoms. The summed E-state index contributed by atoms with van der Waals surface area (Å²) < 4.78 is 55.2. The second-order valence-corrected chi connectivity index (χ2v) is 11.5. The molecule has 0 aliphatic rings. The lowest BCUT2D eigenvalue weighted by molar-refractivity contribution is 0.208. The summed E-state index contributed by atoms with van der Waals surface area (Å²) in [7, 11) is -6.56. The first-order chi connectivity index (χ1) is 13.2. The molecule has 0 aliphatic carbocycles. The molecule has 0 spiro atoms. The summed E-state index contributed by atoms with van der Waals surface area (Å²) in [5, 5.41) is 9.80. The van der Waals surface area contributed by atoms with Gasteiger partial charge in [0.1, 0.15) is 0 Å². The lowest BCUT2D eigenvalue weighted by atomic mass is 10.1. The molecule has 0 aromatic heterocycles. The van der Waals surface area contributed by atoms with Crippen LogP contribution in [0.1, 0.15) is 25.0 Å². The lowest BCUT2D eigenvalue weighted by Crippen LogP contribution is -2.46. The zero-order chi connectivity index (χ0) is 22.2. The van der Waals surface area contributed by atoms with Gasteiger partial charge in [-0.15, -0.1) is 0 Å². The molecular weight excluding hydrogens is 436 g/mol. The second kappa shape index (κ2) is 8.23. The third-order valence-electron chi connectivity index (χ3n) is 4.40. The van der Waals surface area contributed by atoms with Crippen molar-refractivity contribution in [3.05, 3.63) is 52.5 Å². The van der Waals surface area contributed by atoms with Gasteiger partial charge in [0.15, 0.2) is 0 Å². The first kappa shape index (κ1) is 23.6. The molecule has 0 amide bonds. The zero-order valence-corrected chi connectivity index (χ0v) is 19.3. The monoisotopic (exact) mass is 460 g/mol. The third kappa shape index (κ3) is 5.10. The molecule has 0 saturated carbocycles. The fraction of sp³-hybridized carbons (Fsp3) is 0.368. The normalized spacial score (nSPS) is 12.8. The van der Waals surface area contributed by atoms with E-state index < -0.39 is 32.2 Å². The van der Waals surface area contributed by atoms with Crippen LogP contribution in [0.5, 0.6) is 0 Å². The molecule has 29 heavy (non-hydrogen) atoms. The molecule has 160 valence electrons. The van der Waals surface area contributed by atoms with Crippen molar-refractivity contribution in [2.45, 2.75) is 43.0 Å². The number of aliphatic hydroxyl groups is 1. The zero-order valence-electron chi connectivity index (χ0n) is 16.9. The Labute approximate surface area is 177 Å². The van der Waals surface area contributed by atoms with Gasteiger partial charge in [0, 0.05) is 12.1 Å². The predicted octanol–water partition coefficient (Wildman–Crippen LogP) is 2.83. The molecule has 0 atom stereocenters. The molecule has 2 rings (SSSR count). The van der Waals surface area contributed by atoms with E-state index in [9.17, 15) is 21.9 Å². The maximum absolute atomic E-state index is 13.0. The largest absolute Gasteiger partial charge is 0.394 e. The molecule has 0 fully saturated rings. The van der Waals surface area contributed by atoms with E-state index in [1.807, 2.05) is 0 Å². The highest BCUT2D eigenvalue weighted by atomic mass is 35.5. The van der Waals surface area contributed by atoms with E-state index in [1.165, 1.54) is 37.4 Å². The maximum Gasteiger partial charge on any atom is 0.264 e. The number of nitrogens with one attached hydrogen (secondary N) is 1. The lowest BCUT2D eigenvalue weighted by Gasteiger charge is -2.26. The SMILES string of the molecule is Cc1cc(C)c(S(=O)(=O)NC(C)(C)CO)cc1N(C)S(=O)(=O)c1ccc(Cl)cc1. The van der Waals surface area contributed by atoms with Crippen molar-refractivity contribution >= 4 is 37.3 Å². The van der Waals surface area contributed by atoms with Crippen LogP contribution >= 0.6 is 11.6 Å². The molecule has 0 unspecified atom stereocenters. The van der Waals surface area contributed by atoms with Crippen molar-refractivity contribution in [2.24, 2.45) is 0 Å². The molecular formula is C19H25ClN2O5S2. The summed E-state index contributed by atoms with van der Waals surface area (Å²) in [4.78, 5) is -0.0221. The Kier molecular flexibility index (Phi) is 6.71. The fourth-order valence-electron chi connectivity index (χ4n) is 2.80. The van der Waals surface area contributed by atoms with Crippen LogP contribution in [0.2, 0.25) is 5.02 Å². The summed E-state index contributed by atoms with van der Waals surface area (Å²) >= 11 is 5.84. The van der Waals surface area contributed by atoms with Gasteiger partial charge < -0.3 is 5.11 Å². The highest BCUT2D eigenvalue weighted by molar-refractivity contribution is 7.92. The van der Waals surface area contributed by atoms with E-state index in [0.29, 0.717) is 16.1 Å². The molecule has 0 radical (unpaired) electrons. The minimum absolute atomic E-state index is 0.0355. The number of anilines is 1. The van der Waals surface area contributed by atoms with E-state index in [0.717, 1.165) is 4.31 Å². The minimum Gasteiger partial charge on any atom is -0.394 e. The number of aryl methyl sites for hydroxylation is 2. The quantitative estimate of drug-likeness (QED) is 0.661. The Hall–Kier alpha value is -1.65. The van der Waals surface area contributed by atoms with Crippen molar-refractivity contribution in [3.63, 3.8) is 0 Å². The van der Waals surface area contributed by atoms with Crippen LogP contribution in [0.4, 0.5) is 5.69 Å². The van der Waals surface area contributed by atoms with Gasteiger partial charge in [0.25, 0.3) is 10.0 Å². The van der Waals surface area contributed by atoms with Crippen molar-refractivity contribution in [3.8, 4) is 0 Å². The van der Waals surface area contributed by atoms with E-state index in [4.69, 9.17) is 11.6 Å². The maximum atomic E-state index is 13.0. The number of hydrogen-bond acceptors (Lipinski definition) is 5. The fourth-order valence-corrected chi connectivity index (χ4v) is 5.83. The summed E-state index contributed by atoms with van der Waals surface area (Å²) in [6.45, 7) is 6.04. The van der Waals surface area contributed by atoms with Crippen LogP contribution < -0.4 is 9.03 Å². The number of rotatable bonds is 7. The minimum atomic E-state index is -4.00. The predicted molar refractivity (Wildman–Crippen MR) is 114 cm³/mol. The summed E-state index contributed by atoms with van der Waals surface area (Å²) in [6.07, 6.45) is 0. The number of halogens is 1. The van der Waals surface area contributed by atoms with E-state index in [1.54, 1.807) is 33.8 Å². The molecule has 0 saturated heterocycles. The number of benzene rings is 2. The number of sulfonamides is 2. The van der Waals surface area contributed by atoms with Gasteiger partial charge in [0.2, 0.25) is 10.0 Å². The molecule has 10 heteroatoms. The third-order valence-corrected chi connectivity index (χ3v) is 8.28. The summed E-state index contributed by atoms with van der Waals surface area (Å²) in [5.41, 5.74) is 0.220. The molecule has 2 aromatic rings.